The predicted octanol–water partition coefficient (Wildman–Crippen LogP) is 2.43. The van der Waals surface area contributed by atoms with Crippen LogP contribution in [0.15, 0.2) is 17.0 Å². The van der Waals surface area contributed by atoms with Gasteiger partial charge in [-0.2, -0.15) is 0 Å². The normalized spacial score (nSPS) is 25.1. The van der Waals surface area contributed by atoms with E-state index in [0.717, 1.165) is 12.5 Å². The van der Waals surface area contributed by atoms with Crippen molar-refractivity contribution in [1.82, 2.24) is 5.32 Å². The summed E-state index contributed by atoms with van der Waals surface area (Å²) in [6.45, 7) is 4.42. The number of hydrogen-bond acceptors (Lipinski definition) is 3. The summed E-state index contributed by atoms with van der Waals surface area (Å²) in [5, 5.41) is 3.17. The van der Waals surface area contributed by atoms with E-state index >= 15 is 0 Å². The molecule has 2 atom stereocenters. The van der Waals surface area contributed by atoms with E-state index in [1.54, 1.807) is 6.92 Å². The summed E-state index contributed by atoms with van der Waals surface area (Å²) in [4.78, 5) is -0.347. The number of rotatable bonds is 3. The number of hydrogen-bond donors (Lipinski definition) is 1. The van der Waals surface area contributed by atoms with E-state index in [1.807, 2.05) is 6.92 Å². The first-order valence-electron chi connectivity index (χ1n) is 6.32. The molecule has 2 unspecified atom stereocenters. The van der Waals surface area contributed by atoms with Gasteiger partial charge in [-0.25, -0.2) is 17.2 Å². The van der Waals surface area contributed by atoms with Crippen LogP contribution >= 0.6 is 0 Å². The Morgan fingerprint density at radius 1 is 1.37 bits per heavy atom. The topological polar surface area (TPSA) is 46.2 Å². The number of fused-ring (bicyclic) bond motifs is 1. The molecule has 0 amide bonds. The first kappa shape index (κ1) is 14.4. The third kappa shape index (κ3) is 2.65. The van der Waals surface area contributed by atoms with Crippen LogP contribution < -0.4 is 5.32 Å². The van der Waals surface area contributed by atoms with Crippen LogP contribution in [0, 0.1) is 17.6 Å². The van der Waals surface area contributed by atoms with Crippen molar-refractivity contribution in [2.45, 2.75) is 31.2 Å². The second-order valence-electron chi connectivity index (χ2n) is 5.00. The molecule has 0 bridgehead atoms. The van der Waals surface area contributed by atoms with Crippen LogP contribution in [0.4, 0.5) is 8.78 Å². The highest BCUT2D eigenvalue weighted by Crippen LogP contribution is 2.37. The largest absolute Gasteiger partial charge is 0.310 e. The molecule has 0 saturated carbocycles. The summed E-state index contributed by atoms with van der Waals surface area (Å²) in [7, 11) is -3.68. The van der Waals surface area contributed by atoms with Crippen LogP contribution in [-0.4, -0.2) is 20.7 Å². The average molecular weight is 289 g/mol. The highest BCUT2D eigenvalue weighted by Gasteiger charge is 2.37. The molecule has 0 spiro atoms. The maximum absolute atomic E-state index is 13.8. The van der Waals surface area contributed by atoms with Crippen molar-refractivity contribution in [1.29, 1.82) is 0 Å². The van der Waals surface area contributed by atoms with Gasteiger partial charge in [-0.1, -0.05) is 13.8 Å². The first-order chi connectivity index (χ1) is 8.86. The first-order valence-corrected chi connectivity index (χ1v) is 7.97. The fourth-order valence-corrected chi connectivity index (χ4v) is 4.53. The molecule has 106 valence electrons. The van der Waals surface area contributed by atoms with E-state index in [0.29, 0.717) is 12.6 Å². The lowest BCUT2D eigenvalue weighted by Gasteiger charge is -2.32. The second-order valence-corrected chi connectivity index (χ2v) is 6.97. The Morgan fingerprint density at radius 3 is 2.68 bits per heavy atom. The Kier molecular flexibility index (Phi) is 3.92. The van der Waals surface area contributed by atoms with Gasteiger partial charge < -0.3 is 5.32 Å². The number of halogens is 2. The van der Waals surface area contributed by atoms with Gasteiger partial charge in [-0.15, -0.1) is 0 Å². The van der Waals surface area contributed by atoms with Crippen molar-refractivity contribution in [3.05, 3.63) is 29.3 Å². The smallest absolute Gasteiger partial charge is 0.181 e. The Morgan fingerprint density at radius 2 is 2.05 bits per heavy atom. The van der Waals surface area contributed by atoms with E-state index in [-0.39, 0.29) is 28.2 Å². The van der Waals surface area contributed by atoms with Crippen LogP contribution in [0.5, 0.6) is 0 Å². The molecule has 1 aromatic rings. The minimum atomic E-state index is -3.68. The van der Waals surface area contributed by atoms with Crippen molar-refractivity contribution >= 4 is 9.84 Å². The molecule has 2 rings (SSSR count). The van der Waals surface area contributed by atoms with Gasteiger partial charge in [-0.3, -0.25) is 0 Å². The summed E-state index contributed by atoms with van der Waals surface area (Å²) in [5.74, 6) is -2.08. The lowest BCUT2D eigenvalue weighted by molar-refractivity contribution is 0.386. The Hall–Kier alpha value is -1.01. The van der Waals surface area contributed by atoms with Crippen LogP contribution in [0.1, 0.15) is 31.9 Å². The minimum Gasteiger partial charge on any atom is -0.310 e. The van der Waals surface area contributed by atoms with Gasteiger partial charge in [0.15, 0.2) is 9.84 Å². The molecule has 0 radical (unpaired) electrons. The fourth-order valence-electron chi connectivity index (χ4n) is 2.58. The van der Waals surface area contributed by atoms with Crippen molar-refractivity contribution in [2.75, 3.05) is 12.3 Å². The standard InChI is InChI=1S/C13H17F2NO2S/c1-3-4-16-12-8(2)7-19(17,18)13-10(12)5-9(14)6-11(13)15/h5-6,8,12,16H,3-4,7H2,1-2H3. The fraction of sp³-hybridized carbons (Fsp3) is 0.538. The molecule has 1 aromatic carbocycles. The quantitative estimate of drug-likeness (QED) is 0.869. The van der Waals surface area contributed by atoms with E-state index in [2.05, 4.69) is 5.32 Å². The molecule has 0 saturated heterocycles. The van der Waals surface area contributed by atoms with Gasteiger partial charge in [0, 0.05) is 12.1 Å². The van der Waals surface area contributed by atoms with Crippen molar-refractivity contribution in [3.8, 4) is 0 Å². The van der Waals surface area contributed by atoms with Crippen molar-refractivity contribution < 1.29 is 17.2 Å². The zero-order valence-corrected chi connectivity index (χ0v) is 11.7. The molecule has 1 N–H and O–H groups in total. The lowest BCUT2D eigenvalue weighted by atomic mass is 9.94. The average Bonchev–Trinajstić information content (AvgIpc) is 2.25. The molecule has 0 aromatic heterocycles. The maximum Gasteiger partial charge on any atom is 0.181 e. The van der Waals surface area contributed by atoms with Crippen LogP contribution in [0.25, 0.3) is 0 Å². The van der Waals surface area contributed by atoms with Crippen molar-refractivity contribution in [2.24, 2.45) is 5.92 Å². The second kappa shape index (κ2) is 5.17. The summed E-state index contributed by atoms with van der Waals surface area (Å²) in [5.41, 5.74) is 0.213. The monoisotopic (exact) mass is 289 g/mol. The van der Waals surface area contributed by atoms with Crippen LogP contribution in [-0.2, 0) is 9.84 Å². The van der Waals surface area contributed by atoms with Gasteiger partial charge >= 0.3 is 0 Å². The Labute approximate surface area is 111 Å². The minimum absolute atomic E-state index is 0.121. The number of benzene rings is 1. The van der Waals surface area contributed by atoms with Gasteiger partial charge in [0.1, 0.15) is 16.5 Å². The van der Waals surface area contributed by atoms with E-state index in [1.165, 1.54) is 0 Å². The Balaban J connectivity index is 2.58. The van der Waals surface area contributed by atoms with E-state index in [4.69, 9.17) is 0 Å². The Bertz CT molecular complexity index is 587. The molecular weight excluding hydrogens is 272 g/mol. The maximum atomic E-state index is 13.8. The van der Waals surface area contributed by atoms with E-state index in [9.17, 15) is 17.2 Å². The SMILES string of the molecule is CCCNC1c2cc(F)cc(F)c2S(=O)(=O)CC1C. The molecule has 3 nitrogen and oxygen atoms in total. The number of nitrogens with one attached hydrogen (secondary N) is 1. The highest BCUT2D eigenvalue weighted by atomic mass is 32.2. The lowest BCUT2D eigenvalue weighted by Crippen LogP contribution is -2.37. The molecule has 1 aliphatic heterocycles. The highest BCUT2D eigenvalue weighted by molar-refractivity contribution is 7.91. The molecule has 19 heavy (non-hydrogen) atoms. The van der Waals surface area contributed by atoms with Crippen molar-refractivity contribution in [3.63, 3.8) is 0 Å². The zero-order valence-electron chi connectivity index (χ0n) is 10.9. The van der Waals surface area contributed by atoms with Gasteiger partial charge in [0.2, 0.25) is 0 Å². The van der Waals surface area contributed by atoms with Gasteiger partial charge in [0.05, 0.1) is 5.75 Å². The number of sulfone groups is 1. The zero-order chi connectivity index (χ0) is 14.2. The molecule has 1 heterocycles. The predicted molar refractivity (Wildman–Crippen MR) is 68.6 cm³/mol. The van der Waals surface area contributed by atoms with Gasteiger partial charge in [0.25, 0.3) is 0 Å². The van der Waals surface area contributed by atoms with E-state index < -0.39 is 21.5 Å². The molecule has 6 heteroatoms. The molecule has 1 aliphatic rings. The molecular formula is C13H17F2NO2S. The third-order valence-electron chi connectivity index (χ3n) is 3.35. The summed E-state index contributed by atoms with van der Waals surface area (Å²) < 4.78 is 51.3. The summed E-state index contributed by atoms with van der Waals surface area (Å²) >= 11 is 0. The summed E-state index contributed by atoms with van der Waals surface area (Å²) in [6.07, 6.45) is 0.864. The summed E-state index contributed by atoms with van der Waals surface area (Å²) in [6, 6.07) is 1.42. The third-order valence-corrected chi connectivity index (χ3v) is 5.37. The molecule has 0 fully saturated rings. The molecule has 0 aliphatic carbocycles. The van der Waals surface area contributed by atoms with Gasteiger partial charge in [-0.05, 0) is 30.5 Å². The van der Waals surface area contributed by atoms with Crippen LogP contribution in [0.3, 0.4) is 0 Å². The van der Waals surface area contributed by atoms with Crippen LogP contribution in [0.2, 0.25) is 0 Å².